The second kappa shape index (κ2) is 5.56. The standard InChI is InChI=1S/C14H17N3O2/c1-10-3-4-12(9-13(10)15)14(18)19-8-7-17-6-5-16-11(17)2/h3-6,9H,7-8,15H2,1-2H3. The molecule has 0 amide bonds. The Morgan fingerprint density at radius 3 is 2.84 bits per heavy atom. The Morgan fingerprint density at radius 1 is 1.42 bits per heavy atom. The van der Waals surface area contributed by atoms with Crippen LogP contribution in [0.15, 0.2) is 30.6 Å². The van der Waals surface area contributed by atoms with Gasteiger partial charge in [0.2, 0.25) is 0 Å². The van der Waals surface area contributed by atoms with Gasteiger partial charge in [-0.25, -0.2) is 9.78 Å². The van der Waals surface area contributed by atoms with Gasteiger partial charge in [0.1, 0.15) is 12.4 Å². The number of aromatic nitrogens is 2. The number of imidazole rings is 1. The number of benzene rings is 1. The van der Waals surface area contributed by atoms with E-state index < -0.39 is 0 Å². The topological polar surface area (TPSA) is 70.1 Å². The number of aryl methyl sites for hydroxylation is 2. The summed E-state index contributed by atoms with van der Waals surface area (Å²) in [6, 6.07) is 5.17. The lowest BCUT2D eigenvalue weighted by molar-refractivity contribution is 0.0490. The summed E-state index contributed by atoms with van der Waals surface area (Å²) in [6.45, 7) is 4.71. The maximum Gasteiger partial charge on any atom is 0.338 e. The van der Waals surface area contributed by atoms with E-state index in [0.29, 0.717) is 24.4 Å². The largest absolute Gasteiger partial charge is 0.460 e. The van der Waals surface area contributed by atoms with Crippen molar-refractivity contribution in [3.8, 4) is 0 Å². The Labute approximate surface area is 112 Å². The van der Waals surface area contributed by atoms with E-state index in [2.05, 4.69) is 4.98 Å². The second-order valence-corrected chi connectivity index (χ2v) is 4.38. The van der Waals surface area contributed by atoms with Crippen LogP contribution >= 0.6 is 0 Å². The van der Waals surface area contributed by atoms with Gasteiger partial charge < -0.3 is 15.0 Å². The van der Waals surface area contributed by atoms with Crippen molar-refractivity contribution in [3.05, 3.63) is 47.5 Å². The summed E-state index contributed by atoms with van der Waals surface area (Å²) in [5, 5.41) is 0. The third kappa shape index (κ3) is 3.13. The number of esters is 1. The van der Waals surface area contributed by atoms with E-state index in [-0.39, 0.29) is 5.97 Å². The molecule has 0 fully saturated rings. The molecule has 0 unspecified atom stereocenters. The number of hydrogen-bond acceptors (Lipinski definition) is 4. The molecule has 0 aliphatic carbocycles. The molecule has 0 spiro atoms. The smallest absolute Gasteiger partial charge is 0.338 e. The van der Waals surface area contributed by atoms with E-state index in [1.807, 2.05) is 30.7 Å². The Kier molecular flexibility index (Phi) is 3.85. The number of anilines is 1. The summed E-state index contributed by atoms with van der Waals surface area (Å²) < 4.78 is 7.14. The molecule has 2 N–H and O–H groups in total. The Morgan fingerprint density at radius 2 is 2.21 bits per heavy atom. The van der Waals surface area contributed by atoms with Gasteiger partial charge in [-0.15, -0.1) is 0 Å². The molecular weight excluding hydrogens is 242 g/mol. The van der Waals surface area contributed by atoms with E-state index >= 15 is 0 Å². The number of ether oxygens (including phenoxy) is 1. The fraction of sp³-hybridized carbons (Fsp3) is 0.286. The van der Waals surface area contributed by atoms with Crippen molar-refractivity contribution in [2.24, 2.45) is 0 Å². The molecule has 0 saturated heterocycles. The molecule has 1 aromatic carbocycles. The molecule has 0 atom stereocenters. The van der Waals surface area contributed by atoms with Crippen molar-refractivity contribution in [1.82, 2.24) is 9.55 Å². The van der Waals surface area contributed by atoms with Crippen molar-refractivity contribution in [2.45, 2.75) is 20.4 Å². The minimum atomic E-state index is -0.357. The number of hydrogen-bond donors (Lipinski definition) is 1. The summed E-state index contributed by atoms with van der Waals surface area (Å²) in [6.07, 6.45) is 3.57. The molecule has 0 aliphatic rings. The Bertz CT molecular complexity index is 590. The van der Waals surface area contributed by atoms with Crippen LogP contribution in [-0.2, 0) is 11.3 Å². The first-order chi connectivity index (χ1) is 9.08. The SMILES string of the molecule is Cc1ccc(C(=O)OCCn2ccnc2C)cc1N. The maximum absolute atomic E-state index is 11.8. The summed E-state index contributed by atoms with van der Waals surface area (Å²) in [4.78, 5) is 15.9. The maximum atomic E-state index is 11.8. The molecule has 0 bridgehead atoms. The molecule has 2 rings (SSSR count). The molecular formula is C14H17N3O2. The summed E-state index contributed by atoms with van der Waals surface area (Å²) >= 11 is 0. The van der Waals surface area contributed by atoms with E-state index in [4.69, 9.17) is 10.5 Å². The van der Waals surface area contributed by atoms with E-state index in [9.17, 15) is 4.79 Å². The van der Waals surface area contributed by atoms with Gasteiger partial charge in [0.15, 0.2) is 0 Å². The van der Waals surface area contributed by atoms with Crippen LogP contribution in [-0.4, -0.2) is 22.1 Å². The quantitative estimate of drug-likeness (QED) is 0.673. The Hall–Kier alpha value is -2.30. The van der Waals surface area contributed by atoms with Gasteiger partial charge in [-0.05, 0) is 31.5 Å². The zero-order chi connectivity index (χ0) is 13.8. The van der Waals surface area contributed by atoms with Crippen LogP contribution in [0.5, 0.6) is 0 Å². The first-order valence-corrected chi connectivity index (χ1v) is 6.09. The second-order valence-electron chi connectivity index (χ2n) is 4.38. The van der Waals surface area contributed by atoms with E-state index in [1.165, 1.54) is 0 Å². The van der Waals surface area contributed by atoms with E-state index in [0.717, 1.165) is 11.4 Å². The van der Waals surface area contributed by atoms with Crippen LogP contribution in [0, 0.1) is 13.8 Å². The number of rotatable bonds is 4. The highest BCUT2D eigenvalue weighted by molar-refractivity contribution is 5.90. The zero-order valence-corrected chi connectivity index (χ0v) is 11.1. The van der Waals surface area contributed by atoms with Crippen LogP contribution in [0.4, 0.5) is 5.69 Å². The Balaban J connectivity index is 1.91. The minimum absolute atomic E-state index is 0.309. The molecule has 5 nitrogen and oxygen atoms in total. The molecule has 1 heterocycles. The predicted octanol–water partition coefficient (Wildman–Crippen LogP) is 1.94. The molecule has 0 radical (unpaired) electrons. The highest BCUT2D eigenvalue weighted by Gasteiger charge is 2.08. The zero-order valence-electron chi connectivity index (χ0n) is 11.1. The van der Waals surface area contributed by atoms with Crippen molar-refractivity contribution >= 4 is 11.7 Å². The van der Waals surface area contributed by atoms with E-state index in [1.54, 1.807) is 18.3 Å². The number of nitrogens with zero attached hydrogens (tertiary/aromatic N) is 2. The van der Waals surface area contributed by atoms with Crippen molar-refractivity contribution < 1.29 is 9.53 Å². The van der Waals surface area contributed by atoms with Crippen LogP contribution in [0.2, 0.25) is 0 Å². The van der Waals surface area contributed by atoms with Crippen molar-refractivity contribution in [1.29, 1.82) is 0 Å². The molecule has 0 aliphatic heterocycles. The lowest BCUT2D eigenvalue weighted by Crippen LogP contribution is -2.12. The molecule has 1 aromatic heterocycles. The monoisotopic (exact) mass is 259 g/mol. The number of nitrogens with two attached hydrogens (primary N) is 1. The van der Waals surface area contributed by atoms with Gasteiger partial charge in [-0.1, -0.05) is 6.07 Å². The van der Waals surface area contributed by atoms with Gasteiger partial charge >= 0.3 is 5.97 Å². The normalized spacial score (nSPS) is 10.4. The summed E-state index contributed by atoms with van der Waals surface area (Å²) in [5.41, 5.74) is 7.79. The third-order valence-electron chi connectivity index (χ3n) is 3.00. The minimum Gasteiger partial charge on any atom is -0.460 e. The molecule has 100 valence electrons. The van der Waals surface area contributed by atoms with Crippen LogP contribution < -0.4 is 5.73 Å². The first kappa shape index (κ1) is 13.1. The van der Waals surface area contributed by atoms with Gasteiger partial charge in [-0.2, -0.15) is 0 Å². The predicted molar refractivity (Wildman–Crippen MR) is 72.8 cm³/mol. The molecule has 5 heteroatoms. The van der Waals surface area contributed by atoms with Gasteiger partial charge in [-0.3, -0.25) is 0 Å². The van der Waals surface area contributed by atoms with Gasteiger partial charge in [0, 0.05) is 18.1 Å². The molecule has 19 heavy (non-hydrogen) atoms. The fourth-order valence-electron chi connectivity index (χ4n) is 1.73. The number of nitrogen functional groups attached to an aromatic ring is 1. The lowest BCUT2D eigenvalue weighted by Gasteiger charge is -2.08. The van der Waals surface area contributed by atoms with Gasteiger partial charge in [0.25, 0.3) is 0 Å². The first-order valence-electron chi connectivity index (χ1n) is 6.09. The number of carbonyl (C=O) groups is 1. The third-order valence-corrected chi connectivity index (χ3v) is 3.00. The highest BCUT2D eigenvalue weighted by atomic mass is 16.5. The molecule has 0 saturated carbocycles. The summed E-state index contributed by atoms with van der Waals surface area (Å²) in [5.74, 6) is 0.542. The lowest BCUT2D eigenvalue weighted by atomic mass is 10.1. The van der Waals surface area contributed by atoms with Crippen LogP contribution in [0.25, 0.3) is 0 Å². The van der Waals surface area contributed by atoms with Crippen LogP contribution in [0.1, 0.15) is 21.7 Å². The van der Waals surface area contributed by atoms with Gasteiger partial charge in [0.05, 0.1) is 12.1 Å². The van der Waals surface area contributed by atoms with Crippen LogP contribution in [0.3, 0.4) is 0 Å². The highest BCUT2D eigenvalue weighted by Crippen LogP contribution is 2.13. The average Bonchev–Trinajstić information content (AvgIpc) is 2.78. The van der Waals surface area contributed by atoms with Crippen molar-refractivity contribution in [3.63, 3.8) is 0 Å². The fourth-order valence-corrected chi connectivity index (χ4v) is 1.73. The molecule has 2 aromatic rings. The van der Waals surface area contributed by atoms with Crippen molar-refractivity contribution in [2.75, 3.05) is 12.3 Å². The average molecular weight is 259 g/mol. The number of carbonyl (C=O) groups excluding carboxylic acids is 1. The summed E-state index contributed by atoms with van der Waals surface area (Å²) in [7, 11) is 0.